The standard InChI is InChI=1S/C15H13N3O/c1-2-11-9-13(19)18-15(17-11)14-12-6-4-3-5-10(12)7-8-16-14/h3-9H,2H2,1H3,(H,17,18,19). The van der Waals surface area contributed by atoms with Gasteiger partial charge in [-0.2, -0.15) is 0 Å². The van der Waals surface area contributed by atoms with E-state index < -0.39 is 0 Å². The number of nitrogens with one attached hydrogen (secondary N) is 1. The van der Waals surface area contributed by atoms with Crippen LogP contribution in [0.1, 0.15) is 12.6 Å². The second-order valence-corrected chi connectivity index (χ2v) is 4.32. The van der Waals surface area contributed by atoms with Crippen molar-refractivity contribution in [2.45, 2.75) is 13.3 Å². The maximum Gasteiger partial charge on any atom is 0.251 e. The highest BCUT2D eigenvalue weighted by atomic mass is 16.1. The minimum atomic E-state index is -0.142. The highest BCUT2D eigenvalue weighted by molar-refractivity contribution is 5.92. The van der Waals surface area contributed by atoms with Crippen LogP contribution in [-0.2, 0) is 6.42 Å². The smallest absolute Gasteiger partial charge is 0.251 e. The lowest BCUT2D eigenvalue weighted by Gasteiger charge is -2.05. The van der Waals surface area contributed by atoms with Crippen molar-refractivity contribution in [3.05, 3.63) is 58.6 Å². The second-order valence-electron chi connectivity index (χ2n) is 4.32. The Labute approximate surface area is 110 Å². The Morgan fingerprint density at radius 3 is 2.89 bits per heavy atom. The first-order valence-corrected chi connectivity index (χ1v) is 6.22. The summed E-state index contributed by atoms with van der Waals surface area (Å²) in [5.41, 5.74) is 1.34. The van der Waals surface area contributed by atoms with E-state index in [0.717, 1.165) is 22.9 Å². The number of rotatable bonds is 2. The van der Waals surface area contributed by atoms with Crippen molar-refractivity contribution in [1.82, 2.24) is 15.0 Å². The molecule has 2 aromatic heterocycles. The number of aromatic amines is 1. The van der Waals surface area contributed by atoms with Crippen molar-refractivity contribution >= 4 is 10.8 Å². The lowest BCUT2D eigenvalue weighted by atomic mass is 10.1. The van der Waals surface area contributed by atoms with Gasteiger partial charge in [-0.05, 0) is 17.9 Å². The molecular weight excluding hydrogens is 238 g/mol. The fourth-order valence-corrected chi connectivity index (χ4v) is 2.11. The van der Waals surface area contributed by atoms with Crippen LogP contribution in [0.5, 0.6) is 0 Å². The van der Waals surface area contributed by atoms with E-state index in [0.29, 0.717) is 11.5 Å². The molecular formula is C15H13N3O. The lowest BCUT2D eigenvalue weighted by molar-refractivity contribution is 0.982. The fraction of sp³-hybridized carbons (Fsp3) is 0.133. The van der Waals surface area contributed by atoms with Gasteiger partial charge in [-0.3, -0.25) is 9.78 Å². The van der Waals surface area contributed by atoms with Crippen LogP contribution in [0.25, 0.3) is 22.3 Å². The molecule has 0 aliphatic heterocycles. The zero-order valence-corrected chi connectivity index (χ0v) is 10.6. The van der Waals surface area contributed by atoms with E-state index in [2.05, 4.69) is 15.0 Å². The summed E-state index contributed by atoms with van der Waals surface area (Å²) < 4.78 is 0. The molecule has 19 heavy (non-hydrogen) atoms. The molecule has 2 heterocycles. The third-order valence-corrected chi connectivity index (χ3v) is 3.05. The summed E-state index contributed by atoms with van der Waals surface area (Å²) in [7, 11) is 0. The predicted molar refractivity (Wildman–Crippen MR) is 75.0 cm³/mol. The molecule has 94 valence electrons. The highest BCUT2D eigenvalue weighted by Crippen LogP contribution is 2.22. The summed E-state index contributed by atoms with van der Waals surface area (Å²) >= 11 is 0. The third kappa shape index (κ3) is 2.12. The molecule has 1 N–H and O–H groups in total. The molecule has 0 bridgehead atoms. The summed E-state index contributed by atoms with van der Waals surface area (Å²) in [5, 5.41) is 2.07. The summed E-state index contributed by atoms with van der Waals surface area (Å²) in [6, 6.07) is 11.4. The average Bonchev–Trinajstić information content (AvgIpc) is 2.46. The van der Waals surface area contributed by atoms with Gasteiger partial charge >= 0.3 is 0 Å². The number of hydrogen-bond acceptors (Lipinski definition) is 3. The number of aromatic nitrogens is 3. The summed E-state index contributed by atoms with van der Waals surface area (Å²) in [6.07, 6.45) is 2.46. The first-order chi connectivity index (χ1) is 9.28. The monoisotopic (exact) mass is 251 g/mol. The molecule has 0 spiro atoms. The Morgan fingerprint density at radius 1 is 1.21 bits per heavy atom. The largest absolute Gasteiger partial charge is 0.305 e. The van der Waals surface area contributed by atoms with E-state index in [1.165, 1.54) is 6.07 Å². The molecule has 0 saturated heterocycles. The molecule has 1 aromatic carbocycles. The van der Waals surface area contributed by atoms with Crippen molar-refractivity contribution in [2.75, 3.05) is 0 Å². The zero-order chi connectivity index (χ0) is 13.2. The summed E-state index contributed by atoms with van der Waals surface area (Å²) in [6.45, 7) is 1.97. The quantitative estimate of drug-likeness (QED) is 0.761. The first kappa shape index (κ1) is 11.6. The first-order valence-electron chi connectivity index (χ1n) is 6.22. The van der Waals surface area contributed by atoms with Crippen LogP contribution in [0.2, 0.25) is 0 Å². The van der Waals surface area contributed by atoms with E-state index in [4.69, 9.17) is 0 Å². The number of benzene rings is 1. The van der Waals surface area contributed by atoms with Gasteiger partial charge in [0.25, 0.3) is 5.56 Å². The number of fused-ring (bicyclic) bond motifs is 1. The molecule has 0 radical (unpaired) electrons. The number of aryl methyl sites for hydroxylation is 1. The van der Waals surface area contributed by atoms with Gasteiger partial charge in [0, 0.05) is 23.3 Å². The van der Waals surface area contributed by atoms with E-state index >= 15 is 0 Å². The second kappa shape index (κ2) is 4.65. The Morgan fingerprint density at radius 2 is 2.05 bits per heavy atom. The molecule has 0 aliphatic rings. The van der Waals surface area contributed by atoms with E-state index in [1.54, 1.807) is 6.20 Å². The number of hydrogen-bond donors (Lipinski definition) is 1. The van der Waals surface area contributed by atoms with Gasteiger partial charge in [0.05, 0.1) is 0 Å². The maximum atomic E-state index is 11.7. The Hall–Kier alpha value is -2.49. The van der Waals surface area contributed by atoms with Gasteiger partial charge in [0.1, 0.15) is 5.69 Å². The number of H-pyrrole nitrogens is 1. The maximum absolute atomic E-state index is 11.7. The van der Waals surface area contributed by atoms with Gasteiger partial charge < -0.3 is 4.98 Å². The Balaban J connectivity index is 2.30. The average molecular weight is 251 g/mol. The third-order valence-electron chi connectivity index (χ3n) is 3.05. The van der Waals surface area contributed by atoms with Crippen molar-refractivity contribution in [3.63, 3.8) is 0 Å². The topological polar surface area (TPSA) is 58.6 Å². The van der Waals surface area contributed by atoms with Gasteiger partial charge in [-0.15, -0.1) is 0 Å². The minimum absolute atomic E-state index is 0.142. The van der Waals surface area contributed by atoms with Crippen LogP contribution in [0, 0.1) is 0 Å². The Bertz CT molecular complexity index is 787. The van der Waals surface area contributed by atoms with Gasteiger partial charge in [0.15, 0.2) is 5.82 Å². The number of pyridine rings is 1. The number of nitrogens with zero attached hydrogens (tertiary/aromatic N) is 2. The SMILES string of the molecule is CCc1cc(=O)[nH]c(-c2nccc3ccccc23)n1. The molecule has 0 amide bonds. The van der Waals surface area contributed by atoms with Crippen LogP contribution in [0.3, 0.4) is 0 Å². The van der Waals surface area contributed by atoms with Crippen molar-refractivity contribution in [3.8, 4) is 11.5 Å². The van der Waals surface area contributed by atoms with E-state index in [-0.39, 0.29) is 5.56 Å². The van der Waals surface area contributed by atoms with E-state index in [9.17, 15) is 4.79 Å². The van der Waals surface area contributed by atoms with Crippen molar-refractivity contribution in [2.24, 2.45) is 0 Å². The Kier molecular flexibility index (Phi) is 2.83. The summed E-state index contributed by atoms with van der Waals surface area (Å²) in [4.78, 5) is 23.2. The van der Waals surface area contributed by atoms with Crippen LogP contribution < -0.4 is 5.56 Å². The van der Waals surface area contributed by atoms with Gasteiger partial charge in [-0.25, -0.2) is 4.98 Å². The van der Waals surface area contributed by atoms with E-state index in [1.807, 2.05) is 37.3 Å². The minimum Gasteiger partial charge on any atom is -0.305 e. The molecule has 4 nitrogen and oxygen atoms in total. The van der Waals surface area contributed by atoms with Gasteiger partial charge in [-0.1, -0.05) is 31.2 Å². The predicted octanol–water partition coefficient (Wildman–Crippen LogP) is 2.55. The van der Waals surface area contributed by atoms with Gasteiger partial charge in [0.2, 0.25) is 0 Å². The molecule has 0 saturated carbocycles. The lowest BCUT2D eigenvalue weighted by Crippen LogP contribution is -2.10. The van der Waals surface area contributed by atoms with Crippen molar-refractivity contribution < 1.29 is 0 Å². The molecule has 4 heteroatoms. The molecule has 0 fully saturated rings. The highest BCUT2D eigenvalue weighted by Gasteiger charge is 2.08. The van der Waals surface area contributed by atoms with Crippen LogP contribution in [-0.4, -0.2) is 15.0 Å². The van der Waals surface area contributed by atoms with Crippen LogP contribution in [0.4, 0.5) is 0 Å². The van der Waals surface area contributed by atoms with Crippen LogP contribution in [0.15, 0.2) is 47.4 Å². The van der Waals surface area contributed by atoms with Crippen molar-refractivity contribution in [1.29, 1.82) is 0 Å². The normalized spacial score (nSPS) is 10.8. The molecule has 3 rings (SSSR count). The fourth-order valence-electron chi connectivity index (χ4n) is 2.11. The molecule has 3 aromatic rings. The van der Waals surface area contributed by atoms with Crippen LogP contribution >= 0.6 is 0 Å². The molecule has 0 aliphatic carbocycles. The summed E-state index contributed by atoms with van der Waals surface area (Å²) in [5.74, 6) is 0.529. The molecule has 0 atom stereocenters. The zero-order valence-electron chi connectivity index (χ0n) is 10.6. The molecule has 0 unspecified atom stereocenters.